The monoisotopic (exact) mass is 344 g/mol. The van der Waals surface area contributed by atoms with Crippen molar-refractivity contribution < 1.29 is 15.0 Å². The number of aliphatic hydroxyl groups excluding tert-OH is 1. The second kappa shape index (κ2) is 6.50. The van der Waals surface area contributed by atoms with Gasteiger partial charge in [-0.15, -0.1) is 0 Å². The molecule has 0 radical (unpaired) electrons. The Hall–Kier alpha value is -2.38. The maximum Gasteiger partial charge on any atom is 0.268 e. The summed E-state index contributed by atoms with van der Waals surface area (Å²) in [7, 11) is 0. The number of aromatic nitrogens is 2. The van der Waals surface area contributed by atoms with Crippen molar-refractivity contribution in [1.29, 1.82) is 0 Å². The number of benzene rings is 1. The Morgan fingerprint density at radius 2 is 2.00 bits per heavy atom. The number of nitrogens with two attached hydrogens (primary N) is 1. The average molecular weight is 344 g/mol. The predicted molar refractivity (Wildman–Crippen MR) is 95.2 cm³/mol. The molecule has 0 spiro atoms. The molecule has 3 rings (SSSR count). The van der Waals surface area contributed by atoms with Crippen molar-refractivity contribution in [2.75, 3.05) is 23.8 Å². The summed E-state index contributed by atoms with van der Waals surface area (Å²) < 4.78 is 1.42. The van der Waals surface area contributed by atoms with Gasteiger partial charge in [-0.1, -0.05) is 31.5 Å². The van der Waals surface area contributed by atoms with Crippen molar-refractivity contribution in [3.8, 4) is 0 Å². The number of aliphatic hydroxyl groups is 2. The Morgan fingerprint density at radius 3 is 2.68 bits per heavy atom. The first-order valence-electron chi connectivity index (χ1n) is 8.54. The van der Waals surface area contributed by atoms with Crippen LogP contribution in [-0.2, 0) is 16.9 Å². The molecule has 1 amide bonds. The minimum Gasteiger partial charge on any atom is -0.394 e. The standard InChI is InChI=1S/C18H24N4O3/c1-3-4-9-21-14-8-6-5-7-13(14)18(25,17(21)24)15-12(2)20-22(10-11-23)16(15)19/h5-8,23,25H,3-4,9-11,19H2,1-2H3/t18-/m0/s1. The van der Waals surface area contributed by atoms with Crippen LogP contribution < -0.4 is 10.6 Å². The molecule has 1 aromatic heterocycles. The Balaban J connectivity index is 2.17. The number of amides is 1. The van der Waals surface area contributed by atoms with Crippen LogP contribution in [0.5, 0.6) is 0 Å². The fourth-order valence-electron chi connectivity index (χ4n) is 3.53. The Morgan fingerprint density at radius 1 is 1.28 bits per heavy atom. The number of carbonyl (C=O) groups excluding carboxylic acids is 1. The van der Waals surface area contributed by atoms with Gasteiger partial charge in [-0.05, 0) is 19.4 Å². The molecule has 1 aliphatic rings. The summed E-state index contributed by atoms with van der Waals surface area (Å²) in [5, 5.41) is 25.0. The highest BCUT2D eigenvalue weighted by atomic mass is 16.3. The van der Waals surface area contributed by atoms with Crippen LogP contribution in [0.1, 0.15) is 36.6 Å². The van der Waals surface area contributed by atoms with Crippen molar-refractivity contribution >= 4 is 17.4 Å². The van der Waals surface area contributed by atoms with Gasteiger partial charge in [0, 0.05) is 12.1 Å². The number of rotatable bonds is 6. The number of hydrogen-bond donors (Lipinski definition) is 3. The highest BCUT2D eigenvalue weighted by Crippen LogP contribution is 2.47. The Kier molecular flexibility index (Phi) is 4.53. The number of unbranched alkanes of at least 4 members (excludes halogenated alkanes) is 1. The van der Waals surface area contributed by atoms with E-state index in [0.29, 0.717) is 29.1 Å². The fourth-order valence-corrected chi connectivity index (χ4v) is 3.53. The minimum atomic E-state index is -1.85. The van der Waals surface area contributed by atoms with Crippen LogP contribution in [0.2, 0.25) is 0 Å². The molecule has 2 aromatic rings. The first-order valence-corrected chi connectivity index (χ1v) is 8.54. The summed E-state index contributed by atoms with van der Waals surface area (Å²) in [4.78, 5) is 14.8. The SMILES string of the molecule is CCCCN1C(=O)[C@@](O)(c2c(C)nn(CCO)c2N)c2ccccc21. The zero-order chi connectivity index (χ0) is 18.2. The van der Waals surface area contributed by atoms with E-state index < -0.39 is 11.5 Å². The molecule has 1 aliphatic heterocycles. The second-order valence-corrected chi connectivity index (χ2v) is 6.33. The number of nitrogens with zero attached hydrogens (tertiary/aromatic N) is 3. The number of carbonyl (C=O) groups is 1. The molecule has 7 nitrogen and oxygen atoms in total. The molecule has 4 N–H and O–H groups in total. The molecule has 2 heterocycles. The average Bonchev–Trinajstić information content (AvgIpc) is 2.99. The van der Waals surface area contributed by atoms with Gasteiger partial charge in [-0.3, -0.25) is 4.79 Å². The number of para-hydroxylation sites is 1. The smallest absolute Gasteiger partial charge is 0.268 e. The van der Waals surface area contributed by atoms with E-state index in [2.05, 4.69) is 12.0 Å². The highest BCUT2D eigenvalue weighted by molar-refractivity contribution is 6.09. The molecule has 0 bridgehead atoms. The first kappa shape index (κ1) is 17.4. The Labute approximate surface area is 146 Å². The first-order chi connectivity index (χ1) is 12.0. The van der Waals surface area contributed by atoms with Crippen LogP contribution in [0.4, 0.5) is 11.5 Å². The predicted octanol–water partition coefficient (Wildman–Crippen LogP) is 1.15. The van der Waals surface area contributed by atoms with Gasteiger partial charge in [0.1, 0.15) is 5.82 Å². The molecule has 1 atom stereocenters. The van der Waals surface area contributed by atoms with Crippen LogP contribution in [0.3, 0.4) is 0 Å². The van der Waals surface area contributed by atoms with E-state index in [4.69, 9.17) is 10.8 Å². The van der Waals surface area contributed by atoms with Crippen LogP contribution in [0, 0.1) is 6.92 Å². The second-order valence-electron chi connectivity index (χ2n) is 6.33. The topological polar surface area (TPSA) is 105 Å². The van der Waals surface area contributed by atoms with Gasteiger partial charge in [0.05, 0.1) is 30.1 Å². The van der Waals surface area contributed by atoms with E-state index in [9.17, 15) is 9.90 Å². The fraction of sp³-hybridized carbons (Fsp3) is 0.444. The molecular weight excluding hydrogens is 320 g/mol. The van der Waals surface area contributed by atoms with E-state index >= 15 is 0 Å². The van der Waals surface area contributed by atoms with Crippen LogP contribution >= 0.6 is 0 Å². The summed E-state index contributed by atoms with van der Waals surface area (Å²) in [6, 6.07) is 7.23. The van der Waals surface area contributed by atoms with Gasteiger partial charge in [-0.25, -0.2) is 4.68 Å². The van der Waals surface area contributed by atoms with Gasteiger partial charge in [-0.2, -0.15) is 5.10 Å². The van der Waals surface area contributed by atoms with Crippen LogP contribution in [-0.4, -0.2) is 39.1 Å². The lowest BCUT2D eigenvalue weighted by Gasteiger charge is -2.24. The zero-order valence-corrected chi connectivity index (χ0v) is 14.6. The molecule has 1 aromatic carbocycles. The molecule has 0 saturated carbocycles. The maximum atomic E-state index is 13.2. The molecule has 25 heavy (non-hydrogen) atoms. The normalized spacial score (nSPS) is 19.5. The summed E-state index contributed by atoms with van der Waals surface area (Å²) >= 11 is 0. The number of nitrogen functional groups attached to an aromatic ring is 1. The molecule has 0 saturated heterocycles. The van der Waals surface area contributed by atoms with E-state index in [1.54, 1.807) is 24.0 Å². The largest absolute Gasteiger partial charge is 0.394 e. The molecule has 7 heteroatoms. The molecule has 134 valence electrons. The van der Waals surface area contributed by atoms with Crippen molar-refractivity contribution in [2.45, 2.75) is 38.8 Å². The van der Waals surface area contributed by atoms with Gasteiger partial charge in [0.15, 0.2) is 0 Å². The summed E-state index contributed by atoms with van der Waals surface area (Å²) in [5.74, 6) is -0.199. The van der Waals surface area contributed by atoms with Crippen molar-refractivity contribution in [3.63, 3.8) is 0 Å². The van der Waals surface area contributed by atoms with E-state index in [0.717, 1.165) is 12.8 Å². The lowest BCUT2D eigenvalue weighted by atomic mass is 9.87. The number of aryl methyl sites for hydroxylation is 1. The van der Waals surface area contributed by atoms with Crippen molar-refractivity contribution in [1.82, 2.24) is 9.78 Å². The number of fused-ring (bicyclic) bond motifs is 1. The number of anilines is 2. The molecule has 0 unspecified atom stereocenters. The molecule has 0 fully saturated rings. The maximum absolute atomic E-state index is 13.2. The number of hydrogen-bond acceptors (Lipinski definition) is 5. The van der Waals surface area contributed by atoms with Gasteiger partial charge in [0.25, 0.3) is 5.91 Å². The summed E-state index contributed by atoms with van der Waals surface area (Å²) in [6.07, 6.45) is 1.79. The van der Waals surface area contributed by atoms with E-state index in [-0.39, 0.29) is 19.0 Å². The zero-order valence-electron chi connectivity index (χ0n) is 14.6. The van der Waals surface area contributed by atoms with Crippen LogP contribution in [0.15, 0.2) is 24.3 Å². The van der Waals surface area contributed by atoms with Gasteiger partial charge >= 0.3 is 0 Å². The van der Waals surface area contributed by atoms with E-state index in [1.807, 2.05) is 12.1 Å². The van der Waals surface area contributed by atoms with E-state index in [1.165, 1.54) is 4.68 Å². The van der Waals surface area contributed by atoms with Gasteiger partial charge in [0.2, 0.25) is 5.60 Å². The molecular formula is C18H24N4O3. The van der Waals surface area contributed by atoms with Crippen molar-refractivity contribution in [2.24, 2.45) is 0 Å². The quantitative estimate of drug-likeness (QED) is 0.729. The third-order valence-electron chi connectivity index (χ3n) is 4.71. The highest BCUT2D eigenvalue weighted by Gasteiger charge is 2.53. The third kappa shape index (κ3) is 2.51. The van der Waals surface area contributed by atoms with Crippen LogP contribution in [0.25, 0.3) is 0 Å². The third-order valence-corrected chi connectivity index (χ3v) is 4.71. The lowest BCUT2D eigenvalue weighted by Crippen LogP contribution is -2.42. The minimum absolute atomic E-state index is 0.129. The van der Waals surface area contributed by atoms with Gasteiger partial charge < -0.3 is 20.8 Å². The van der Waals surface area contributed by atoms with Crippen molar-refractivity contribution in [3.05, 3.63) is 41.1 Å². The lowest BCUT2D eigenvalue weighted by molar-refractivity contribution is -0.132. The summed E-state index contributed by atoms with van der Waals surface area (Å²) in [5.41, 5.74) is 6.34. The summed E-state index contributed by atoms with van der Waals surface area (Å²) in [6.45, 7) is 4.38. The molecule has 0 aliphatic carbocycles. The Bertz CT molecular complexity index is 802.